The van der Waals surface area contributed by atoms with E-state index in [9.17, 15) is 4.79 Å². The molecule has 0 aliphatic carbocycles. The van der Waals surface area contributed by atoms with E-state index in [0.717, 1.165) is 21.5 Å². The molecular formula is C14H14BrN3O. The summed E-state index contributed by atoms with van der Waals surface area (Å²) in [7, 11) is 3.72. The Morgan fingerprint density at radius 3 is 2.84 bits per heavy atom. The summed E-state index contributed by atoms with van der Waals surface area (Å²) in [5.41, 5.74) is 3.79. The van der Waals surface area contributed by atoms with Gasteiger partial charge in [-0.05, 0) is 24.3 Å². The molecule has 1 aromatic carbocycles. The molecule has 98 valence electrons. The number of nitrogens with zero attached hydrogens (tertiary/aromatic N) is 2. The van der Waals surface area contributed by atoms with Gasteiger partial charge < -0.3 is 14.8 Å². The van der Waals surface area contributed by atoms with Crippen LogP contribution in [0.1, 0.15) is 16.1 Å². The summed E-state index contributed by atoms with van der Waals surface area (Å²) >= 11 is 3.43. The molecule has 1 aliphatic heterocycles. The van der Waals surface area contributed by atoms with Gasteiger partial charge in [-0.25, -0.2) is 0 Å². The zero-order valence-electron chi connectivity index (χ0n) is 10.8. The summed E-state index contributed by atoms with van der Waals surface area (Å²) in [5, 5.41) is 3.17. The van der Waals surface area contributed by atoms with E-state index >= 15 is 0 Å². The molecule has 0 fully saturated rings. The molecule has 19 heavy (non-hydrogen) atoms. The van der Waals surface area contributed by atoms with Crippen LogP contribution in [0.15, 0.2) is 34.9 Å². The number of hydrogen-bond acceptors (Lipinski definition) is 2. The number of nitrogens with one attached hydrogen (secondary N) is 1. The van der Waals surface area contributed by atoms with Crippen LogP contribution in [0.4, 0.5) is 5.69 Å². The third-order valence-electron chi connectivity index (χ3n) is 3.44. The molecular weight excluding hydrogens is 306 g/mol. The molecule has 0 saturated carbocycles. The highest BCUT2D eigenvalue weighted by atomic mass is 79.9. The van der Waals surface area contributed by atoms with Crippen molar-refractivity contribution >= 4 is 27.5 Å². The first-order chi connectivity index (χ1) is 9.11. The van der Waals surface area contributed by atoms with E-state index in [-0.39, 0.29) is 5.91 Å². The Bertz CT molecular complexity index is 663. The first kappa shape index (κ1) is 12.3. The number of hydrogen-bond donors (Lipinski definition) is 1. The van der Waals surface area contributed by atoms with E-state index in [1.165, 1.54) is 0 Å². The molecule has 0 saturated heterocycles. The Labute approximate surface area is 120 Å². The fourth-order valence-electron chi connectivity index (χ4n) is 2.47. The Hall–Kier alpha value is -1.75. The molecule has 4 nitrogen and oxygen atoms in total. The van der Waals surface area contributed by atoms with Crippen LogP contribution in [0.2, 0.25) is 0 Å². The molecule has 2 aromatic rings. The van der Waals surface area contributed by atoms with Gasteiger partial charge in [0.1, 0.15) is 0 Å². The van der Waals surface area contributed by atoms with Crippen molar-refractivity contribution in [3.8, 4) is 5.69 Å². The first-order valence-electron chi connectivity index (χ1n) is 6.05. The minimum absolute atomic E-state index is 0.0436. The molecule has 1 N–H and O–H groups in total. The number of carbonyl (C=O) groups is 1. The molecule has 0 atom stereocenters. The summed E-state index contributed by atoms with van der Waals surface area (Å²) in [6.45, 7) is 0.592. The number of aromatic nitrogens is 1. The van der Waals surface area contributed by atoms with Crippen LogP contribution >= 0.6 is 15.9 Å². The predicted molar refractivity (Wildman–Crippen MR) is 78.8 cm³/mol. The third-order valence-corrected chi connectivity index (χ3v) is 3.94. The van der Waals surface area contributed by atoms with Crippen LogP contribution < -0.4 is 5.32 Å². The summed E-state index contributed by atoms with van der Waals surface area (Å²) in [4.78, 5) is 14.2. The van der Waals surface area contributed by atoms with Crippen LogP contribution in [-0.4, -0.2) is 29.5 Å². The minimum atomic E-state index is 0.0436. The van der Waals surface area contributed by atoms with Crippen molar-refractivity contribution in [2.75, 3.05) is 19.4 Å². The van der Waals surface area contributed by atoms with E-state index in [0.29, 0.717) is 12.1 Å². The van der Waals surface area contributed by atoms with Gasteiger partial charge in [0.2, 0.25) is 0 Å². The van der Waals surface area contributed by atoms with E-state index in [4.69, 9.17) is 0 Å². The van der Waals surface area contributed by atoms with Crippen LogP contribution in [-0.2, 0) is 6.54 Å². The maximum atomic E-state index is 12.4. The van der Waals surface area contributed by atoms with Crippen molar-refractivity contribution in [1.82, 2.24) is 9.47 Å². The number of halogens is 1. The van der Waals surface area contributed by atoms with Crippen LogP contribution in [0.3, 0.4) is 0 Å². The fraction of sp³-hybridized carbons (Fsp3) is 0.214. The zero-order valence-corrected chi connectivity index (χ0v) is 12.4. The molecule has 3 rings (SSSR count). The Morgan fingerprint density at radius 2 is 2.11 bits per heavy atom. The molecule has 1 aliphatic rings. The first-order valence-corrected chi connectivity index (χ1v) is 6.84. The van der Waals surface area contributed by atoms with Crippen LogP contribution in [0.25, 0.3) is 5.69 Å². The minimum Gasteiger partial charge on any atom is -0.387 e. The lowest BCUT2D eigenvalue weighted by Crippen LogP contribution is -2.25. The molecule has 0 bridgehead atoms. The molecule has 1 aromatic heterocycles. The van der Waals surface area contributed by atoms with Gasteiger partial charge in [-0.3, -0.25) is 4.79 Å². The van der Waals surface area contributed by atoms with Crippen molar-refractivity contribution in [2.24, 2.45) is 0 Å². The highest BCUT2D eigenvalue weighted by Gasteiger charge is 2.25. The maximum Gasteiger partial charge on any atom is 0.256 e. The molecule has 1 amide bonds. The van der Waals surface area contributed by atoms with Crippen LogP contribution in [0, 0.1) is 0 Å². The summed E-state index contributed by atoms with van der Waals surface area (Å²) in [6.07, 6.45) is 2.00. The second-order valence-electron chi connectivity index (χ2n) is 4.62. The highest BCUT2D eigenvalue weighted by molar-refractivity contribution is 9.10. The highest BCUT2D eigenvalue weighted by Crippen LogP contribution is 2.30. The maximum absolute atomic E-state index is 12.4. The van der Waals surface area contributed by atoms with Gasteiger partial charge in [0.25, 0.3) is 5.91 Å². The molecule has 0 spiro atoms. The molecule has 2 heterocycles. The third kappa shape index (κ3) is 1.85. The Balaban J connectivity index is 2.30. The zero-order chi connectivity index (χ0) is 13.6. The number of benzene rings is 1. The fourth-order valence-corrected chi connectivity index (χ4v) is 2.83. The number of rotatable bonds is 1. The molecule has 5 heteroatoms. The van der Waals surface area contributed by atoms with E-state index in [1.807, 2.05) is 44.6 Å². The van der Waals surface area contributed by atoms with Crippen molar-refractivity contribution < 1.29 is 4.79 Å². The average Bonchev–Trinajstić information content (AvgIpc) is 2.76. The van der Waals surface area contributed by atoms with E-state index < -0.39 is 0 Å². The Kier molecular flexibility index (Phi) is 2.86. The lowest BCUT2D eigenvalue weighted by atomic mass is 10.1. The topological polar surface area (TPSA) is 37.3 Å². The largest absolute Gasteiger partial charge is 0.387 e. The SMILES string of the molecule is CNc1ccn2c1CN(C)C(=O)c1cc(Br)ccc1-2. The van der Waals surface area contributed by atoms with E-state index in [1.54, 1.807) is 4.90 Å². The number of fused-ring (bicyclic) bond motifs is 3. The quantitative estimate of drug-likeness (QED) is 0.877. The van der Waals surface area contributed by atoms with Crippen molar-refractivity contribution in [2.45, 2.75) is 6.54 Å². The molecule has 0 radical (unpaired) electrons. The second kappa shape index (κ2) is 4.42. The average molecular weight is 320 g/mol. The lowest BCUT2D eigenvalue weighted by molar-refractivity contribution is 0.0788. The number of carbonyl (C=O) groups excluding carboxylic acids is 1. The van der Waals surface area contributed by atoms with Crippen molar-refractivity contribution in [1.29, 1.82) is 0 Å². The summed E-state index contributed by atoms with van der Waals surface area (Å²) in [6, 6.07) is 7.84. The molecule has 0 unspecified atom stereocenters. The summed E-state index contributed by atoms with van der Waals surface area (Å²) in [5.74, 6) is 0.0436. The van der Waals surface area contributed by atoms with Gasteiger partial charge in [-0.15, -0.1) is 0 Å². The van der Waals surface area contributed by atoms with Crippen molar-refractivity contribution in [3.05, 3.63) is 46.2 Å². The van der Waals surface area contributed by atoms with Crippen LogP contribution in [0.5, 0.6) is 0 Å². The smallest absolute Gasteiger partial charge is 0.256 e. The predicted octanol–water partition coefficient (Wildman–Crippen LogP) is 2.87. The normalized spacial score (nSPS) is 13.8. The number of anilines is 1. The summed E-state index contributed by atoms with van der Waals surface area (Å²) < 4.78 is 2.99. The number of amides is 1. The van der Waals surface area contributed by atoms with E-state index in [2.05, 4.69) is 25.8 Å². The van der Waals surface area contributed by atoms with Gasteiger partial charge >= 0.3 is 0 Å². The van der Waals surface area contributed by atoms with Gasteiger partial charge in [0.15, 0.2) is 0 Å². The Morgan fingerprint density at radius 1 is 1.32 bits per heavy atom. The lowest BCUT2D eigenvalue weighted by Gasteiger charge is -2.15. The van der Waals surface area contributed by atoms with Crippen molar-refractivity contribution in [3.63, 3.8) is 0 Å². The van der Waals surface area contributed by atoms with Gasteiger partial charge in [-0.1, -0.05) is 15.9 Å². The van der Waals surface area contributed by atoms with Gasteiger partial charge in [-0.2, -0.15) is 0 Å². The van der Waals surface area contributed by atoms with Gasteiger partial charge in [0.05, 0.1) is 29.2 Å². The standard InChI is InChI=1S/C14H14BrN3O/c1-16-11-5-6-18-12-4-3-9(15)7-10(12)14(19)17(2)8-13(11)18/h3-7,16H,8H2,1-2H3. The monoisotopic (exact) mass is 319 g/mol. The van der Waals surface area contributed by atoms with Gasteiger partial charge in [0, 0.05) is 24.8 Å². The second-order valence-corrected chi connectivity index (χ2v) is 5.53.